The zero-order valence-corrected chi connectivity index (χ0v) is 11.6. The van der Waals surface area contributed by atoms with Crippen molar-refractivity contribution in [3.05, 3.63) is 0 Å². The average molecular weight is 242 g/mol. The summed E-state index contributed by atoms with van der Waals surface area (Å²) in [5.41, 5.74) is 6.47. The van der Waals surface area contributed by atoms with Crippen molar-refractivity contribution in [2.45, 2.75) is 51.1 Å². The molecule has 2 rings (SSSR count). The van der Waals surface area contributed by atoms with Crippen LogP contribution in [0.3, 0.4) is 0 Å². The largest absolute Gasteiger partial charge is 0.329 e. The average Bonchev–Trinajstić information content (AvgIpc) is 2.32. The lowest BCUT2D eigenvalue weighted by Gasteiger charge is -2.51. The SMILES string of the molecule is CC1CCC(CN)(N2CCSCC2C)CC1. The second kappa shape index (κ2) is 5.28. The highest BCUT2D eigenvalue weighted by atomic mass is 32.2. The predicted molar refractivity (Wildman–Crippen MR) is 72.9 cm³/mol. The summed E-state index contributed by atoms with van der Waals surface area (Å²) >= 11 is 2.10. The summed E-state index contributed by atoms with van der Waals surface area (Å²) in [5.74, 6) is 3.49. The van der Waals surface area contributed by atoms with Crippen molar-refractivity contribution in [3.63, 3.8) is 0 Å². The van der Waals surface area contributed by atoms with Crippen LogP contribution in [-0.2, 0) is 0 Å². The maximum atomic E-state index is 6.13. The molecule has 1 aliphatic heterocycles. The lowest BCUT2D eigenvalue weighted by atomic mass is 9.75. The van der Waals surface area contributed by atoms with E-state index in [0.29, 0.717) is 5.54 Å². The van der Waals surface area contributed by atoms with E-state index >= 15 is 0 Å². The molecule has 3 heteroatoms. The van der Waals surface area contributed by atoms with Crippen molar-refractivity contribution in [3.8, 4) is 0 Å². The Bertz CT molecular complexity index is 224. The second-order valence-corrected chi connectivity index (χ2v) is 6.88. The van der Waals surface area contributed by atoms with Gasteiger partial charge < -0.3 is 5.73 Å². The van der Waals surface area contributed by atoms with E-state index < -0.39 is 0 Å². The van der Waals surface area contributed by atoms with Gasteiger partial charge in [-0.3, -0.25) is 4.90 Å². The van der Waals surface area contributed by atoms with E-state index in [4.69, 9.17) is 5.73 Å². The van der Waals surface area contributed by atoms with E-state index in [0.717, 1.165) is 18.5 Å². The first-order valence-electron chi connectivity index (χ1n) is 6.72. The normalized spacial score (nSPS) is 42.2. The zero-order chi connectivity index (χ0) is 11.6. The number of hydrogen-bond acceptors (Lipinski definition) is 3. The van der Waals surface area contributed by atoms with Crippen LogP contribution in [0.4, 0.5) is 0 Å². The van der Waals surface area contributed by atoms with Gasteiger partial charge in [0.25, 0.3) is 0 Å². The molecule has 1 saturated carbocycles. The van der Waals surface area contributed by atoms with Gasteiger partial charge in [-0.05, 0) is 38.5 Å². The van der Waals surface area contributed by atoms with Crippen LogP contribution in [0.15, 0.2) is 0 Å². The fourth-order valence-corrected chi connectivity index (χ4v) is 4.35. The van der Waals surface area contributed by atoms with Crippen molar-refractivity contribution < 1.29 is 0 Å². The molecule has 1 atom stereocenters. The van der Waals surface area contributed by atoms with E-state index in [2.05, 4.69) is 30.5 Å². The zero-order valence-electron chi connectivity index (χ0n) is 10.7. The van der Waals surface area contributed by atoms with Crippen molar-refractivity contribution in [2.75, 3.05) is 24.6 Å². The molecule has 0 bridgehead atoms. The Morgan fingerprint density at radius 1 is 1.31 bits per heavy atom. The van der Waals surface area contributed by atoms with Gasteiger partial charge in [-0.2, -0.15) is 11.8 Å². The maximum absolute atomic E-state index is 6.13. The Morgan fingerprint density at radius 2 is 2.00 bits per heavy atom. The van der Waals surface area contributed by atoms with Gasteiger partial charge in [-0.25, -0.2) is 0 Å². The third-order valence-corrected chi connectivity index (χ3v) is 5.75. The van der Waals surface area contributed by atoms with Crippen LogP contribution in [0.5, 0.6) is 0 Å². The molecule has 2 nitrogen and oxygen atoms in total. The fraction of sp³-hybridized carbons (Fsp3) is 1.00. The summed E-state index contributed by atoms with van der Waals surface area (Å²) in [6.45, 7) is 6.86. The summed E-state index contributed by atoms with van der Waals surface area (Å²) in [4.78, 5) is 2.73. The van der Waals surface area contributed by atoms with Gasteiger partial charge in [0.2, 0.25) is 0 Å². The highest BCUT2D eigenvalue weighted by Gasteiger charge is 2.41. The Hall–Kier alpha value is 0.270. The standard InChI is InChI=1S/C13H26N2S/c1-11-3-5-13(10-14,6-4-11)15-7-8-16-9-12(15)2/h11-12H,3-10,14H2,1-2H3. The molecule has 16 heavy (non-hydrogen) atoms. The molecule has 0 amide bonds. The molecule has 94 valence electrons. The quantitative estimate of drug-likeness (QED) is 0.806. The topological polar surface area (TPSA) is 29.3 Å². The molecule has 1 unspecified atom stereocenters. The van der Waals surface area contributed by atoms with Gasteiger partial charge in [0, 0.05) is 36.2 Å². The van der Waals surface area contributed by atoms with Crippen LogP contribution in [0, 0.1) is 5.92 Å². The number of nitrogens with two attached hydrogens (primary N) is 1. The molecule has 2 fully saturated rings. The lowest BCUT2D eigenvalue weighted by molar-refractivity contribution is 0.0242. The first kappa shape index (κ1) is 12.7. The summed E-state index contributed by atoms with van der Waals surface area (Å²) in [5, 5.41) is 0. The Balaban J connectivity index is 2.07. The van der Waals surface area contributed by atoms with Crippen molar-refractivity contribution >= 4 is 11.8 Å². The van der Waals surface area contributed by atoms with E-state index in [-0.39, 0.29) is 0 Å². The fourth-order valence-electron chi connectivity index (χ4n) is 3.34. The van der Waals surface area contributed by atoms with Gasteiger partial charge in [-0.15, -0.1) is 0 Å². The third kappa shape index (κ3) is 2.41. The van der Waals surface area contributed by atoms with Crippen LogP contribution in [-0.4, -0.2) is 41.1 Å². The molecule has 2 aliphatic rings. The molecular weight excluding hydrogens is 216 g/mol. The number of nitrogens with zero attached hydrogens (tertiary/aromatic N) is 1. The Labute approximate surface area is 104 Å². The number of hydrogen-bond donors (Lipinski definition) is 1. The van der Waals surface area contributed by atoms with Crippen LogP contribution in [0.25, 0.3) is 0 Å². The van der Waals surface area contributed by atoms with Crippen molar-refractivity contribution in [2.24, 2.45) is 11.7 Å². The highest BCUT2D eigenvalue weighted by molar-refractivity contribution is 7.99. The molecule has 0 spiro atoms. The van der Waals surface area contributed by atoms with Gasteiger partial charge >= 0.3 is 0 Å². The first-order chi connectivity index (χ1) is 7.68. The van der Waals surface area contributed by atoms with Crippen LogP contribution in [0.1, 0.15) is 39.5 Å². The smallest absolute Gasteiger partial charge is 0.0335 e. The van der Waals surface area contributed by atoms with Crippen LogP contribution < -0.4 is 5.73 Å². The molecule has 0 aromatic rings. The summed E-state index contributed by atoms with van der Waals surface area (Å²) in [6, 6.07) is 0.718. The number of thioether (sulfide) groups is 1. The third-order valence-electron chi connectivity index (χ3n) is 4.56. The van der Waals surface area contributed by atoms with Crippen LogP contribution in [0.2, 0.25) is 0 Å². The van der Waals surface area contributed by atoms with Crippen LogP contribution >= 0.6 is 11.8 Å². The molecule has 0 radical (unpaired) electrons. The first-order valence-corrected chi connectivity index (χ1v) is 7.88. The van der Waals surface area contributed by atoms with Crippen molar-refractivity contribution in [1.29, 1.82) is 0 Å². The molecule has 1 aliphatic carbocycles. The molecular formula is C13H26N2S. The van der Waals surface area contributed by atoms with Gasteiger partial charge in [0.1, 0.15) is 0 Å². The lowest BCUT2D eigenvalue weighted by Crippen LogP contribution is -2.61. The minimum absolute atomic E-state index is 0.340. The summed E-state index contributed by atoms with van der Waals surface area (Å²) < 4.78 is 0. The number of rotatable bonds is 2. The minimum atomic E-state index is 0.340. The maximum Gasteiger partial charge on any atom is 0.0335 e. The predicted octanol–water partition coefficient (Wildman–Crippen LogP) is 2.33. The van der Waals surface area contributed by atoms with Gasteiger partial charge in [0.05, 0.1) is 0 Å². The highest BCUT2D eigenvalue weighted by Crippen LogP contribution is 2.38. The monoisotopic (exact) mass is 242 g/mol. The Morgan fingerprint density at radius 3 is 2.56 bits per heavy atom. The van der Waals surface area contributed by atoms with E-state index in [1.807, 2.05) is 0 Å². The van der Waals surface area contributed by atoms with Gasteiger partial charge in [-0.1, -0.05) is 6.92 Å². The molecule has 0 aromatic carbocycles. The summed E-state index contributed by atoms with van der Waals surface area (Å²) in [7, 11) is 0. The minimum Gasteiger partial charge on any atom is -0.329 e. The second-order valence-electron chi connectivity index (χ2n) is 5.73. The van der Waals surface area contributed by atoms with E-state index in [1.54, 1.807) is 0 Å². The Kier molecular flexibility index (Phi) is 4.20. The van der Waals surface area contributed by atoms with E-state index in [1.165, 1.54) is 43.7 Å². The molecule has 1 saturated heterocycles. The van der Waals surface area contributed by atoms with Gasteiger partial charge in [0.15, 0.2) is 0 Å². The molecule has 0 aromatic heterocycles. The van der Waals surface area contributed by atoms with E-state index in [9.17, 15) is 0 Å². The van der Waals surface area contributed by atoms with Crippen molar-refractivity contribution in [1.82, 2.24) is 4.90 Å². The molecule has 2 N–H and O–H groups in total. The molecule has 1 heterocycles. The summed E-state index contributed by atoms with van der Waals surface area (Å²) in [6.07, 6.45) is 5.38.